The Morgan fingerprint density at radius 2 is 1.90 bits per heavy atom. The third-order valence-electron chi connectivity index (χ3n) is 5.50. The van der Waals surface area contributed by atoms with Crippen molar-refractivity contribution in [3.8, 4) is 17.3 Å². The van der Waals surface area contributed by atoms with Gasteiger partial charge in [-0.3, -0.25) is 9.88 Å². The van der Waals surface area contributed by atoms with Crippen molar-refractivity contribution >= 4 is 11.2 Å². The minimum absolute atomic E-state index is 0.0136. The van der Waals surface area contributed by atoms with E-state index < -0.39 is 11.9 Å². The van der Waals surface area contributed by atoms with E-state index in [4.69, 9.17) is 4.74 Å². The number of likely N-dealkylation sites (tertiary alicyclic amines) is 1. The van der Waals surface area contributed by atoms with Gasteiger partial charge in [-0.25, -0.2) is 9.97 Å². The average Bonchev–Trinajstić information content (AvgIpc) is 3.32. The highest BCUT2D eigenvalue weighted by atomic mass is 19.4. The molecule has 0 aliphatic carbocycles. The van der Waals surface area contributed by atoms with Gasteiger partial charge >= 0.3 is 6.18 Å². The molecule has 31 heavy (non-hydrogen) atoms. The van der Waals surface area contributed by atoms with Crippen LogP contribution in [0, 0.1) is 0 Å². The Hall–Kier alpha value is -2.75. The third kappa shape index (κ3) is 4.21. The van der Waals surface area contributed by atoms with Crippen LogP contribution in [0.5, 0.6) is 5.88 Å². The van der Waals surface area contributed by atoms with Gasteiger partial charge in [-0.05, 0) is 46.2 Å². The maximum absolute atomic E-state index is 12.9. The topological polar surface area (TPSA) is 69.0 Å². The standard InChI is InChI=1S/C21H25F3N6O/c1-5-30-17(13-6-7-15(25-10-13)21(22,23)24)28-16-18(30)26-12-27-19(16)31-14-8-9-29(11-14)20(2,3)4/h6-7,10,12,14H,5,8-9,11H2,1-4H3/t14-/m0/s1. The molecule has 0 bridgehead atoms. The molecule has 3 aromatic rings. The highest BCUT2D eigenvalue weighted by Gasteiger charge is 2.33. The number of hydrogen-bond acceptors (Lipinski definition) is 6. The fraction of sp³-hybridized carbons (Fsp3) is 0.524. The Balaban J connectivity index is 1.67. The lowest BCUT2D eigenvalue weighted by Crippen LogP contribution is -2.40. The normalized spacial score (nSPS) is 18.1. The van der Waals surface area contributed by atoms with Gasteiger partial charge in [0, 0.05) is 36.9 Å². The molecular weight excluding hydrogens is 409 g/mol. The van der Waals surface area contributed by atoms with Gasteiger partial charge in [0.25, 0.3) is 0 Å². The zero-order chi connectivity index (χ0) is 22.4. The minimum Gasteiger partial charge on any atom is -0.471 e. The van der Waals surface area contributed by atoms with E-state index in [2.05, 4.69) is 45.6 Å². The molecule has 1 atom stereocenters. The van der Waals surface area contributed by atoms with Crippen molar-refractivity contribution in [2.45, 2.75) is 58.5 Å². The molecule has 0 aromatic carbocycles. The van der Waals surface area contributed by atoms with Crippen molar-refractivity contribution in [2.24, 2.45) is 0 Å². The number of ether oxygens (including phenoxy) is 1. The first-order valence-corrected chi connectivity index (χ1v) is 10.2. The number of pyridine rings is 1. The second kappa shape index (κ2) is 7.74. The van der Waals surface area contributed by atoms with Gasteiger partial charge < -0.3 is 9.30 Å². The predicted molar refractivity (Wildman–Crippen MR) is 110 cm³/mol. The van der Waals surface area contributed by atoms with Crippen molar-refractivity contribution in [2.75, 3.05) is 13.1 Å². The summed E-state index contributed by atoms with van der Waals surface area (Å²) in [6.07, 6.45) is -1.01. The first-order chi connectivity index (χ1) is 14.6. The molecule has 0 saturated carbocycles. The van der Waals surface area contributed by atoms with E-state index in [1.54, 1.807) is 0 Å². The molecule has 0 unspecified atom stereocenters. The summed E-state index contributed by atoms with van der Waals surface area (Å²) in [5.41, 5.74) is 0.662. The largest absolute Gasteiger partial charge is 0.471 e. The fourth-order valence-electron chi connectivity index (χ4n) is 3.81. The Morgan fingerprint density at radius 1 is 1.13 bits per heavy atom. The second-order valence-electron chi connectivity index (χ2n) is 8.61. The fourth-order valence-corrected chi connectivity index (χ4v) is 3.81. The molecule has 0 amide bonds. The molecule has 7 nitrogen and oxygen atoms in total. The van der Waals surface area contributed by atoms with E-state index in [1.807, 2.05) is 11.5 Å². The van der Waals surface area contributed by atoms with Gasteiger partial charge in [-0.1, -0.05) is 0 Å². The first kappa shape index (κ1) is 21.5. The summed E-state index contributed by atoms with van der Waals surface area (Å²) < 4.78 is 46.6. The van der Waals surface area contributed by atoms with E-state index >= 15 is 0 Å². The highest BCUT2D eigenvalue weighted by Crippen LogP contribution is 2.32. The van der Waals surface area contributed by atoms with Gasteiger partial charge in [0.2, 0.25) is 5.88 Å². The monoisotopic (exact) mass is 434 g/mol. The molecule has 3 aromatic heterocycles. The Bertz CT molecular complexity index is 1070. The number of fused-ring (bicyclic) bond motifs is 1. The lowest BCUT2D eigenvalue weighted by Gasteiger charge is -2.31. The van der Waals surface area contributed by atoms with Crippen LogP contribution >= 0.6 is 0 Å². The number of alkyl halides is 3. The molecule has 0 radical (unpaired) electrons. The number of hydrogen-bond donors (Lipinski definition) is 0. The molecule has 1 saturated heterocycles. The summed E-state index contributed by atoms with van der Waals surface area (Å²) >= 11 is 0. The van der Waals surface area contributed by atoms with Gasteiger partial charge in [0.05, 0.1) is 0 Å². The first-order valence-electron chi connectivity index (χ1n) is 10.2. The van der Waals surface area contributed by atoms with Crippen LogP contribution in [-0.4, -0.2) is 54.1 Å². The van der Waals surface area contributed by atoms with Crippen LogP contribution in [0.4, 0.5) is 13.2 Å². The highest BCUT2D eigenvalue weighted by molar-refractivity contribution is 5.81. The molecule has 4 heterocycles. The van der Waals surface area contributed by atoms with Crippen molar-refractivity contribution in [1.82, 2.24) is 29.4 Å². The van der Waals surface area contributed by atoms with Crippen molar-refractivity contribution in [3.05, 3.63) is 30.4 Å². The summed E-state index contributed by atoms with van der Waals surface area (Å²) in [7, 11) is 0. The molecule has 0 spiro atoms. The van der Waals surface area contributed by atoms with Gasteiger partial charge in [0.1, 0.15) is 23.9 Å². The van der Waals surface area contributed by atoms with Gasteiger partial charge in [-0.15, -0.1) is 0 Å². The van der Waals surface area contributed by atoms with E-state index in [1.165, 1.54) is 18.6 Å². The number of imidazole rings is 1. The summed E-state index contributed by atoms with van der Waals surface area (Å²) in [6.45, 7) is 10.7. The molecule has 1 aliphatic rings. The number of aromatic nitrogens is 5. The van der Waals surface area contributed by atoms with Crippen molar-refractivity contribution in [3.63, 3.8) is 0 Å². The van der Waals surface area contributed by atoms with E-state index in [-0.39, 0.29) is 11.6 Å². The molecule has 1 fully saturated rings. The molecule has 10 heteroatoms. The predicted octanol–water partition coefficient (Wildman–Crippen LogP) is 4.18. The summed E-state index contributed by atoms with van der Waals surface area (Å²) in [4.78, 5) is 19.2. The molecule has 0 N–H and O–H groups in total. The summed E-state index contributed by atoms with van der Waals surface area (Å²) in [5.74, 6) is 0.867. The van der Waals surface area contributed by atoms with Crippen LogP contribution in [0.15, 0.2) is 24.7 Å². The van der Waals surface area contributed by atoms with Gasteiger partial charge in [0.15, 0.2) is 11.2 Å². The summed E-state index contributed by atoms with van der Waals surface area (Å²) in [6, 6.07) is 2.33. The molecular formula is C21H25F3N6O. The van der Waals surface area contributed by atoms with Crippen LogP contribution in [0.2, 0.25) is 0 Å². The van der Waals surface area contributed by atoms with Gasteiger partial charge in [-0.2, -0.15) is 18.2 Å². The second-order valence-corrected chi connectivity index (χ2v) is 8.61. The van der Waals surface area contributed by atoms with Crippen LogP contribution in [0.3, 0.4) is 0 Å². The van der Waals surface area contributed by atoms with Crippen LogP contribution in [0.1, 0.15) is 39.8 Å². The zero-order valence-corrected chi connectivity index (χ0v) is 17.9. The van der Waals surface area contributed by atoms with Crippen LogP contribution in [0.25, 0.3) is 22.6 Å². The minimum atomic E-state index is -4.49. The number of aryl methyl sites for hydroxylation is 1. The number of nitrogens with zero attached hydrogens (tertiary/aromatic N) is 6. The van der Waals surface area contributed by atoms with E-state index in [9.17, 15) is 13.2 Å². The maximum Gasteiger partial charge on any atom is 0.433 e. The lowest BCUT2D eigenvalue weighted by molar-refractivity contribution is -0.141. The average molecular weight is 434 g/mol. The third-order valence-corrected chi connectivity index (χ3v) is 5.50. The zero-order valence-electron chi connectivity index (χ0n) is 17.9. The Labute approximate surface area is 178 Å². The van der Waals surface area contributed by atoms with Crippen LogP contribution in [-0.2, 0) is 12.7 Å². The maximum atomic E-state index is 12.9. The van der Waals surface area contributed by atoms with Crippen molar-refractivity contribution < 1.29 is 17.9 Å². The summed E-state index contributed by atoms with van der Waals surface area (Å²) in [5, 5.41) is 0. The Morgan fingerprint density at radius 3 is 2.48 bits per heavy atom. The quantitative estimate of drug-likeness (QED) is 0.614. The van der Waals surface area contributed by atoms with E-state index in [0.717, 1.165) is 25.6 Å². The Kier molecular flexibility index (Phi) is 5.36. The molecule has 1 aliphatic heterocycles. The van der Waals surface area contributed by atoms with Crippen LogP contribution < -0.4 is 4.74 Å². The lowest BCUT2D eigenvalue weighted by atomic mass is 10.1. The molecule has 166 valence electrons. The smallest absolute Gasteiger partial charge is 0.433 e. The number of rotatable bonds is 4. The molecule has 4 rings (SSSR count). The van der Waals surface area contributed by atoms with E-state index in [0.29, 0.717) is 35.0 Å². The number of halogens is 3. The SMILES string of the molecule is CCn1c(-c2ccc(C(F)(F)F)nc2)nc2c(O[C@H]3CCN(C(C)(C)C)C3)ncnc21. The van der Waals surface area contributed by atoms with Crippen molar-refractivity contribution in [1.29, 1.82) is 0 Å².